The topological polar surface area (TPSA) is 50.1 Å². The number of rotatable bonds is 4. The molecular formula is C26H25Cl2FN6. The van der Waals surface area contributed by atoms with Gasteiger partial charge in [-0.15, -0.1) is 0 Å². The van der Waals surface area contributed by atoms with Gasteiger partial charge in [-0.2, -0.15) is 0 Å². The van der Waals surface area contributed by atoms with Crippen LogP contribution in [0.25, 0.3) is 22.6 Å². The molecule has 0 spiro atoms. The van der Waals surface area contributed by atoms with Gasteiger partial charge < -0.3 is 14.4 Å². The van der Waals surface area contributed by atoms with Gasteiger partial charge in [0, 0.05) is 43.5 Å². The van der Waals surface area contributed by atoms with E-state index in [4.69, 9.17) is 28.2 Å². The van der Waals surface area contributed by atoms with Crippen LogP contribution in [0.1, 0.15) is 31.7 Å². The molecule has 3 heterocycles. The molecule has 2 aromatic heterocycles. The first-order chi connectivity index (χ1) is 17.1. The van der Waals surface area contributed by atoms with Gasteiger partial charge in [0.1, 0.15) is 18.0 Å². The zero-order valence-corrected chi connectivity index (χ0v) is 20.7. The van der Waals surface area contributed by atoms with E-state index in [1.165, 1.54) is 25.0 Å². The predicted molar refractivity (Wildman–Crippen MR) is 139 cm³/mol. The van der Waals surface area contributed by atoms with Crippen LogP contribution in [-0.2, 0) is 0 Å². The molecule has 2 fully saturated rings. The zero-order chi connectivity index (χ0) is 23.9. The molecule has 9 heteroatoms. The average Bonchev–Trinajstić information content (AvgIpc) is 3.54. The van der Waals surface area contributed by atoms with Gasteiger partial charge in [0.15, 0.2) is 17.0 Å². The Hall–Kier alpha value is -2.90. The smallest absolute Gasteiger partial charge is 0.166 e. The molecule has 0 atom stereocenters. The maximum atomic E-state index is 13.6. The van der Waals surface area contributed by atoms with E-state index < -0.39 is 0 Å². The molecule has 1 aliphatic heterocycles. The first-order valence-corrected chi connectivity index (χ1v) is 12.8. The molecule has 1 saturated carbocycles. The van der Waals surface area contributed by atoms with Crippen molar-refractivity contribution in [1.29, 1.82) is 0 Å². The Balaban J connectivity index is 1.34. The molecule has 0 N–H and O–H groups in total. The number of hydrogen-bond donors (Lipinski definition) is 0. The minimum Gasteiger partial charge on any atom is -0.368 e. The molecule has 1 aliphatic carbocycles. The normalized spacial score (nSPS) is 17.0. The molecule has 1 saturated heterocycles. The van der Waals surface area contributed by atoms with Crippen molar-refractivity contribution in [2.75, 3.05) is 36.0 Å². The summed E-state index contributed by atoms with van der Waals surface area (Å²) in [6.45, 7) is 3.26. The SMILES string of the molecule is Fc1ccc(-c2nc3c(N4CCN(c5ccc(Cl)c(Cl)c5)CC4)ncnc3n2C2CCCC2)cc1. The molecule has 35 heavy (non-hydrogen) atoms. The molecule has 0 radical (unpaired) electrons. The highest BCUT2D eigenvalue weighted by Crippen LogP contribution is 2.38. The third-order valence-electron chi connectivity index (χ3n) is 7.10. The van der Waals surface area contributed by atoms with E-state index in [0.29, 0.717) is 16.1 Å². The Morgan fingerprint density at radius 3 is 2.26 bits per heavy atom. The van der Waals surface area contributed by atoms with Gasteiger partial charge in [-0.25, -0.2) is 19.3 Å². The van der Waals surface area contributed by atoms with Crippen LogP contribution in [0.3, 0.4) is 0 Å². The van der Waals surface area contributed by atoms with Gasteiger partial charge >= 0.3 is 0 Å². The lowest BCUT2D eigenvalue weighted by molar-refractivity contribution is 0.534. The largest absolute Gasteiger partial charge is 0.368 e. The number of fused-ring (bicyclic) bond motifs is 1. The lowest BCUT2D eigenvalue weighted by Crippen LogP contribution is -2.47. The summed E-state index contributed by atoms with van der Waals surface area (Å²) in [6, 6.07) is 12.7. The molecule has 0 unspecified atom stereocenters. The Bertz CT molecular complexity index is 1360. The quantitative estimate of drug-likeness (QED) is 0.318. The summed E-state index contributed by atoms with van der Waals surface area (Å²) in [5.41, 5.74) is 3.62. The molecule has 0 bridgehead atoms. The van der Waals surface area contributed by atoms with Crippen molar-refractivity contribution in [1.82, 2.24) is 19.5 Å². The summed E-state index contributed by atoms with van der Waals surface area (Å²) in [5.74, 6) is 1.43. The number of halogens is 3. The van der Waals surface area contributed by atoms with Crippen LogP contribution >= 0.6 is 23.2 Å². The highest BCUT2D eigenvalue weighted by molar-refractivity contribution is 6.42. The monoisotopic (exact) mass is 510 g/mol. The second kappa shape index (κ2) is 9.28. The van der Waals surface area contributed by atoms with Crippen molar-refractivity contribution >= 4 is 45.9 Å². The van der Waals surface area contributed by atoms with Crippen LogP contribution in [0.5, 0.6) is 0 Å². The number of benzene rings is 2. The third kappa shape index (κ3) is 4.21. The van der Waals surface area contributed by atoms with E-state index >= 15 is 0 Å². The fourth-order valence-electron chi connectivity index (χ4n) is 5.30. The van der Waals surface area contributed by atoms with Crippen LogP contribution in [0.15, 0.2) is 48.8 Å². The first kappa shape index (κ1) is 22.6. The van der Waals surface area contributed by atoms with Crippen molar-refractivity contribution in [2.24, 2.45) is 0 Å². The van der Waals surface area contributed by atoms with Crippen LogP contribution in [0.2, 0.25) is 10.0 Å². The summed E-state index contributed by atoms with van der Waals surface area (Å²) in [4.78, 5) is 19.0. The van der Waals surface area contributed by atoms with Gasteiger partial charge in [0.2, 0.25) is 0 Å². The third-order valence-corrected chi connectivity index (χ3v) is 7.84. The van der Waals surface area contributed by atoms with E-state index in [1.54, 1.807) is 18.5 Å². The number of nitrogens with zero attached hydrogens (tertiary/aromatic N) is 6. The summed E-state index contributed by atoms with van der Waals surface area (Å²) < 4.78 is 15.9. The summed E-state index contributed by atoms with van der Waals surface area (Å²) in [5, 5.41) is 1.13. The average molecular weight is 511 g/mol. The number of aromatic nitrogens is 4. The van der Waals surface area contributed by atoms with E-state index in [2.05, 4.69) is 24.3 Å². The summed E-state index contributed by atoms with van der Waals surface area (Å²) in [7, 11) is 0. The molecule has 6 nitrogen and oxygen atoms in total. The zero-order valence-electron chi connectivity index (χ0n) is 19.2. The van der Waals surface area contributed by atoms with Crippen molar-refractivity contribution < 1.29 is 4.39 Å². The van der Waals surface area contributed by atoms with Gasteiger partial charge in [-0.05, 0) is 55.3 Å². The Morgan fingerprint density at radius 1 is 0.829 bits per heavy atom. The maximum Gasteiger partial charge on any atom is 0.166 e. The summed E-state index contributed by atoms with van der Waals surface area (Å²) in [6.07, 6.45) is 6.23. The van der Waals surface area contributed by atoms with Gasteiger partial charge in [-0.1, -0.05) is 36.0 Å². The molecule has 4 aromatic rings. The fourth-order valence-corrected chi connectivity index (χ4v) is 5.59. The molecule has 6 rings (SSSR count). The van der Waals surface area contributed by atoms with Crippen LogP contribution in [0.4, 0.5) is 15.9 Å². The van der Waals surface area contributed by atoms with E-state index in [-0.39, 0.29) is 5.82 Å². The lowest BCUT2D eigenvalue weighted by Gasteiger charge is -2.36. The van der Waals surface area contributed by atoms with E-state index in [9.17, 15) is 4.39 Å². The Labute approximate surface area is 213 Å². The van der Waals surface area contributed by atoms with Crippen LogP contribution in [0, 0.1) is 5.82 Å². The van der Waals surface area contributed by atoms with Crippen molar-refractivity contribution in [3.63, 3.8) is 0 Å². The highest BCUT2D eigenvalue weighted by atomic mass is 35.5. The number of anilines is 2. The molecule has 2 aromatic carbocycles. The van der Waals surface area contributed by atoms with Gasteiger partial charge in [-0.3, -0.25) is 0 Å². The molecule has 180 valence electrons. The van der Waals surface area contributed by atoms with Crippen LogP contribution in [-0.4, -0.2) is 45.7 Å². The van der Waals surface area contributed by atoms with Gasteiger partial charge in [0.05, 0.1) is 10.0 Å². The molecular weight excluding hydrogens is 486 g/mol. The minimum absolute atomic E-state index is 0.252. The van der Waals surface area contributed by atoms with Gasteiger partial charge in [0.25, 0.3) is 0 Å². The second-order valence-corrected chi connectivity index (χ2v) is 10.0. The Morgan fingerprint density at radius 2 is 1.54 bits per heavy atom. The summed E-state index contributed by atoms with van der Waals surface area (Å²) >= 11 is 12.3. The number of hydrogen-bond acceptors (Lipinski definition) is 5. The first-order valence-electron chi connectivity index (χ1n) is 12.0. The van der Waals surface area contributed by atoms with Crippen molar-refractivity contribution in [3.05, 3.63) is 64.7 Å². The Kier molecular flexibility index (Phi) is 5.98. The minimum atomic E-state index is -0.252. The molecule has 0 amide bonds. The fraction of sp³-hybridized carbons (Fsp3) is 0.346. The predicted octanol–water partition coefficient (Wildman–Crippen LogP) is 6.38. The van der Waals surface area contributed by atoms with Crippen LogP contribution < -0.4 is 9.80 Å². The maximum absolute atomic E-state index is 13.6. The van der Waals surface area contributed by atoms with E-state index in [0.717, 1.165) is 73.1 Å². The van der Waals surface area contributed by atoms with Crippen molar-refractivity contribution in [3.8, 4) is 11.4 Å². The molecule has 2 aliphatic rings. The number of imidazole rings is 1. The van der Waals surface area contributed by atoms with E-state index in [1.807, 2.05) is 18.2 Å². The highest BCUT2D eigenvalue weighted by Gasteiger charge is 2.28. The number of piperazine rings is 1. The lowest BCUT2D eigenvalue weighted by atomic mass is 10.2. The standard InChI is InChI=1S/C26H25Cl2FN6/c27-21-10-9-20(15-22(21)28)33-11-13-34(14-12-33)25-23-26(31-16-30-25)35(19-3-1-2-4-19)24(32-23)17-5-7-18(29)8-6-17/h5-10,15-16,19H,1-4,11-14H2. The van der Waals surface area contributed by atoms with Crippen molar-refractivity contribution in [2.45, 2.75) is 31.7 Å². The second-order valence-electron chi connectivity index (χ2n) is 9.19.